The number of fused-ring (bicyclic) bond motifs is 1. The summed E-state index contributed by atoms with van der Waals surface area (Å²) in [7, 11) is 1.59. The molecule has 0 atom stereocenters. The smallest absolute Gasteiger partial charge is 0.342 e. The van der Waals surface area contributed by atoms with E-state index in [0.717, 1.165) is 12.8 Å². The number of pyridine rings is 1. The predicted molar refractivity (Wildman–Crippen MR) is 91.5 cm³/mol. The highest BCUT2D eigenvalue weighted by Gasteiger charge is 2.18. The van der Waals surface area contributed by atoms with Crippen LogP contribution in [0.1, 0.15) is 37.0 Å². The Balaban J connectivity index is 2.53. The molecule has 128 valence electrons. The summed E-state index contributed by atoms with van der Waals surface area (Å²) in [6, 6.07) is 4.63. The van der Waals surface area contributed by atoms with Crippen molar-refractivity contribution in [1.82, 2.24) is 4.57 Å². The van der Waals surface area contributed by atoms with E-state index in [1.165, 1.54) is 16.9 Å². The summed E-state index contributed by atoms with van der Waals surface area (Å²) >= 11 is 0. The van der Waals surface area contributed by atoms with Gasteiger partial charge < -0.3 is 19.1 Å². The van der Waals surface area contributed by atoms with Gasteiger partial charge in [0.25, 0.3) is 5.56 Å². The molecule has 6 heteroatoms. The quantitative estimate of drug-likeness (QED) is 0.500. The first-order valence-corrected chi connectivity index (χ1v) is 7.81. The van der Waals surface area contributed by atoms with Gasteiger partial charge in [-0.2, -0.15) is 0 Å². The molecule has 0 radical (unpaired) electrons. The van der Waals surface area contributed by atoms with Crippen LogP contribution in [0.15, 0.2) is 35.3 Å². The number of ether oxygens (including phenoxy) is 2. The fraction of sp³-hybridized carbons (Fsp3) is 0.333. The first-order valence-electron chi connectivity index (χ1n) is 7.81. The van der Waals surface area contributed by atoms with E-state index in [0.29, 0.717) is 17.5 Å². The molecule has 1 N–H and O–H groups in total. The SMILES string of the molecule is C/C=C\OC(=O)c1ccc2c(c1)c(O)c(OCCCC)c(=O)n2C. The van der Waals surface area contributed by atoms with Crippen LogP contribution in [0.3, 0.4) is 0 Å². The zero-order valence-corrected chi connectivity index (χ0v) is 14.0. The molecule has 24 heavy (non-hydrogen) atoms. The fourth-order valence-electron chi connectivity index (χ4n) is 2.28. The van der Waals surface area contributed by atoms with Gasteiger partial charge in [0.15, 0.2) is 5.75 Å². The van der Waals surface area contributed by atoms with Gasteiger partial charge in [-0.05, 0) is 31.5 Å². The van der Waals surface area contributed by atoms with Crippen LogP contribution in [0.25, 0.3) is 10.9 Å². The van der Waals surface area contributed by atoms with Crippen LogP contribution in [-0.4, -0.2) is 22.2 Å². The van der Waals surface area contributed by atoms with E-state index in [-0.39, 0.29) is 17.1 Å². The Bertz CT molecular complexity index is 835. The van der Waals surface area contributed by atoms with Gasteiger partial charge in [-0.3, -0.25) is 4.79 Å². The van der Waals surface area contributed by atoms with Gasteiger partial charge in [0.1, 0.15) is 0 Å². The number of hydrogen-bond acceptors (Lipinski definition) is 5. The Kier molecular flexibility index (Phi) is 5.63. The molecule has 2 aromatic rings. The largest absolute Gasteiger partial charge is 0.504 e. The van der Waals surface area contributed by atoms with E-state index >= 15 is 0 Å². The number of unbranched alkanes of at least 4 members (excludes halogenated alkanes) is 1. The molecule has 0 saturated carbocycles. The Labute approximate surface area is 139 Å². The van der Waals surface area contributed by atoms with Gasteiger partial charge in [-0.15, -0.1) is 0 Å². The molecule has 0 fully saturated rings. The molecule has 0 saturated heterocycles. The van der Waals surface area contributed by atoms with Crippen molar-refractivity contribution in [3.05, 3.63) is 46.5 Å². The van der Waals surface area contributed by atoms with Crippen LogP contribution in [0.2, 0.25) is 0 Å². The summed E-state index contributed by atoms with van der Waals surface area (Å²) in [5.74, 6) is -0.904. The monoisotopic (exact) mass is 331 g/mol. The second-order valence-electron chi connectivity index (χ2n) is 5.35. The zero-order valence-electron chi connectivity index (χ0n) is 14.0. The van der Waals surface area contributed by atoms with E-state index in [2.05, 4.69) is 0 Å². The number of nitrogens with zero attached hydrogens (tertiary/aromatic N) is 1. The van der Waals surface area contributed by atoms with Gasteiger partial charge in [-0.1, -0.05) is 19.4 Å². The van der Waals surface area contributed by atoms with Crippen molar-refractivity contribution >= 4 is 16.9 Å². The van der Waals surface area contributed by atoms with Crippen LogP contribution in [0.5, 0.6) is 11.5 Å². The minimum Gasteiger partial charge on any atom is -0.504 e. The lowest BCUT2D eigenvalue weighted by Gasteiger charge is -2.13. The summed E-state index contributed by atoms with van der Waals surface area (Å²) in [4.78, 5) is 24.3. The number of aromatic nitrogens is 1. The third-order valence-corrected chi connectivity index (χ3v) is 3.62. The van der Waals surface area contributed by atoms with Crippen molar-refractivity contribution in [2.75, 3.05) is 6.61 Å². The van der Waals surface area contributed by atoms with Crippen LogP contribution in [0.4, 0.5) is 0 Å². The maximum Gasteiger partial charge on any atom is 0.342 e. The Morgan fingerprint density at radius 2 is 2.12 bits per heavy atom. The van der Waals surface area contributed by atoms with Crippen LogP contribution >= 0.6 is 0 Å². The third-order valence-electron chi connectivity index (χ3n) is 3.62. The summed E-state index contributed by atoms with van der Waals surface area (Å²) in [5.41, 5.74) is 0.359. The number of rotatable bonds is 6. The summed E-state index contributed by atoms with van der Waals surface area (Å²) < 4.78 is 11.8. The predicted octanol–water partition coefficient (Wildman–Crippen LogP) is 3.11. The minimum absolute atomic E-state index is 0.0996. The van der Waals surface area contributed by atoms with Crippen LogP contribution < -0.4 is 10.3 Å². The highest BCUT2D eigenvalue weighted by Crippen LogP contribution is 2.32. The van der Waals surface area contributed by atoms with E-state index in [1.54, 1.807) is 32.2 Å². The third kappa shape index (κ3) is 3.42. The molecule has 0 bridgehead atoms. The Hall–Kier alpha value is -2.76. The second kappa shape index (κ2) is 7.68. The molecule has 1 heterocycles. The molecular weight excluding hydrogens is 310 g/mol. The van der Waals surface area contributed by atoms with E-state index < -0.39 is 11.5 Å². The molecule has 0 aliphatic heterocycles. The number of carbonyl (C=O) groups excluding carboxylic acids is 1. The topological polar surface area (TPSA) is 77.8 Å². The Morgan fingerprint density at radius 3 is 2.79 bits per heavy atom. The van der Waals surface area contributed by atoms with Crippen molar-refractivity contribution in [1.29, 1.82) is 0 Å². The number of esters is 1. The molecule has 0 unspecified atom stereocenters. The summed E-state index contributed by atoms with van der Waals surface area (Å²) in [5, 5.41) is 10.8. The first kappa shape index (κ1) is 17.6. The molecule has 6 nitrogen and oxygen atoms in total. The summed E-state index contributed by atoms with van der Waals surface area (Å²) in [6.07, 6.45) is 4.57. The lowest BCUT2D eigenvalue weighted by molar-refractivity contribution is 0.0663. The van der Waals surface area contributed by atoms with Crippen molar-refractivity contribution in [3.63, 3.8) is 0 Å². The molecule has 1 aromatic heterocycles. The van der Waals surface area contributed by atoms with E-state index in [1.807, 2.05) is 6.92 Å². The number of allylic oxidation sites excluding steroid dienone is 1. The molecule has 0 aliphatic rings. The van der Waals surface area contributed by atoms with Gasteiger partial charge in [0, 0.05) is 12.4 Å². The first-order chi connectivity index (χ1) is 11.5. The molecule has 2 rings (SSSR count). The highest BCUT2D eigenvalue weighted by atomic mass is 16.5. The van der Waals surface area contributed by atoms with Gasteiger partial charge in [0.2, 0.25) is 5.75 Å². The number of aromatic hydroxyl groups is 1. The fourth-order valence-corrected chi connectivity index (χ4v) is 2.28. The van der Waals surface area contributed by atoms with Crippen molar-refractivity contribution in [2.24, 2.45) is 7.05 Å². The zero-order chi connectivity index (χ0) is 17.7. The normalized spacial score (nSPS) is 11.1. The molecule has 1 aromatic carbocycles. The van der Waals surface area contributed by atoms with E-state index in [4.69, 9.17) is 9.47 Å². The van der Waals surface area contributed by atoms with E-state index in [9.17, 15) is 14.7 Å². The summed E-state index contributed by atoms with van der Waals surface area (Å²) in [6.45, 7) is 4.08. The van der Waals surface area contributed by atoms with Gasteiger partial charge in [0.05, 0.1) is 23.9 Å². The minimum atomic E-state index is -0.545. The molecule has 0 aliphatic carbocycles. The maximum atomic E-state index is 12.3. The lowest BCUT2D eigenvalue weighted by atomic mass is 10.1. The van der Waals surface area contributed by atoms with Gasteiger partial charge in [-0.25, -0.2) is 4.79 Å². The van der Waals surface area contributed by atoms with Crippen LogP contribution in [0, 0.1) is 0 Å². The second-order valence-corrected chi connectivity index (χ2v) is 5.35. The number of benzene rings is 1. The van der Waals surface area contributed by atoms with Crippen molar-refractivity contribution in [3.8, 4) is 11.5 Å². The average molecular weight is 331 g/mol. The highest BCUT2D eigenvalue weighted by molar-refractivity contribution is 5.97. The Morgan fingerprint density at radius 1 is 1.38 bits per heavy atom. The van der Waals surface area contributed by atoms with Gasteiger partial charge >= 0.3 is 5.97 Å². The average Bonchev–Trinajstić information content (AvgIpc) is 2.60. The number of carbonyl (C=O) groups is 1. The molecular formula is C18H21NO5. The van der Waals surface area contributed by atoms with Crippen LogP contribution in [-0.2, 0) is 11.8 Å². The van der Waals surface area contributed by atoms with Crippen molar-refractivity contribution in [2.45, 2.75) is 26.7 Å². The maximum absolute atomic E-state index is 12.3. The standard InChI is InChI=1S/C18H21NO5/c1-4-6-10-23-16-15(20)13-11-12(18(22)24-9-5-2)7-8-14(13)19(3)17(16)21/h5,7-9,11,20H,4,6,10H2,1-3H3/b9-5-. The lowest BCUT2D eigenvalue weighted by Crippen LogP contribution is -2.20. The van der Waals surface area contributed by atoms with Crippen molar-refractivity contribution < 1.29 is 19.4 Å². The molecule has 0 spiro atoms. The number of aryl methyl sites for hydroxylation is 1. The number of hydrogen-bond donors (Lipinski definition) is 1. The molecule has 0 amide bonds.